The summed E-state index contributed by atoms with van der Waals surface area (Å²) in [4.78, 5) is 17.7. The van der Waals surface area contributed by atoms with Gasteiger partial charge in [-0.3, -0.25) is 4.79 Å². The van der Waals surface area contributed by atoms with E-state index in [0.717, 1.165) is 24.2 Å². The van der Waals surface area contributed by atoms with Crippen molar-refractivity contribution in [2.45, 2.75) is 33.2 Å². The lowest BCUT2D eigenvalue weighted by atomic mass is 10.0. The van der Waals surface area contributed by atoms with Gasteiger partial charge in [-0.25, -0.2) is 0 Å². The maximum atomic E-state index is 12.3. The maximum absolute atomic E-state index is 12.3. The Morgan fingerprint density at radius 1 is 1.43 bits per heavy atom. The monoisotopic (exact) mass is 286 g/mol. The third-order valence-corrected chi connectivity index (χ3v) is 4.12. The molecule has 1 amide bonds. The number of carbonyl (C=O) groups excluding carboxylic acids is 1. The minimum Gasteiger partial charge on any atom is -0.497 e. The van der Waals surface area contributed by atoms with Gasteiger partial charge in [0.25, 0.3) is 0 Å². The second-order valence-electron chi connectivity index (χ2n) is 6.16. The lowest BCUT2D eigenvalue weighted by Gasteiger charge is -2.28. The molecule has 1 aliphatic heterocycles. The number of nitrogens with one attached hydrogen (secondary N) is 1. The number of carbonyl (C=O) groups is 1. The number of aromatic amines is 1. The Labute approximate surface area is 125 Å². The average Bonchev–Trinajstić information content (AvgIpc) is 2.83. The van der Waals surface area contributed by atoms with Gasteiger partial charge in [-0.15, -0.1) is 0 Å². The molecule has 0 saturated carbocycles. The van der Waals surface area contributed by atoms with Crippen LogP contribution >= 0.6 is 0 Å². The molecule has 0 aliphatic carbocycles. The molecule has 1 aliphatic rings. The lowest BCUT2D eigenvalue weighted by molar-refractivity contribution is -0.132. The number of hydrogen-bond acceptors (Lipinski definition) is 2. The molecule has 21 heavy (non-hydrogen) atoms. The van der Waals surface area contributed by atoms with Crippen molar-refractivity contribution in [3.8, 4) is 5.75 Å². The summed E-state index contributed by atoms with van der Waals surface area (Å²) in [5.41, 5.74) is 3.62. The van der Waals surface area contributed by atoms with E-state index in [9.17, 15) is 4.79 Å². The summed E-state index contributed by atoms with van der Waals surface area (Å²) in [7, 11) is 1.68. The molecule has 0 fully saturated rings. The standard InChI is InChI=1S/C17H22N2O2/c1-11(2)8-17(20)19-7-6-16-14(10-19)13-9-12(21-3)4-5-15(13)18-16/h4-5,9,11,18H,6-8,10H2,1-3H3. The maximum Gasteiger partial charge on any atom is 0.223 e. The number of rotatable bonds is 3. The quantitative estimate of drug-likeness (QED) is 0.942. The van der Waals surface area contributed by atoms with Crippen molar-refractivity contribution in [2.75, 3.05) is 13.7 Å². The van der Waals surface area contributed by atoms with Crippen LogP contribution in [0.25, 0.3) is 10.9 Å². The summed E-state index contributed by atoms with van der Waals surface area (Å²) < 4.78 is 5.32. The number of ether oxygens (including phenoxy) is 1. The SMILES string of the molecule is COc1ccc2[nH]c3c(c2c1)CN(C(=O)CC(C)C)CC3. The van der Waals surface area contributed by atoms with E-state index >= 15 is 0 Å². The van der Waals surface area contributed by atoms with E-state index in [4.69, 9.17) is 4.74 Å². The number of amides is 1. The van der Waals surface area contributed by atoms with E-state index in [0.29, 0.717) is 18.9 Å². The molecular formula is C17H22N2O2. The molecule has 1 N–H and O–H groups in total. The van der Waals surface area contributed by atoms with Gasteiger partial charge in [0, 0.05) is 48.1 Å². The Balaban J connectivity index is 1.92. The van der Waals surface area contributed by atoms with Gasteiger partial charge in [0.15, 0.2) is 0 Å². The largest absolute Gasteiger partial charge is 0.497 e. The van der Waals surface area contributed by atoms with Crippen molar-refractivity contribution >= 4 is 16.8 Å². The summed E-state index contributed by atoms with van der Waals surface area (Å²) in [6.07, 6.45) is 1.52. The fraction of sp³-hybridized carbons (Fsp3) is 0.471. The van der Waals surface area contributed by atoms with Crippen LogP contribution < -0.4 is 4.74 Å². The highest BCUT2D eigenvalue weighted by Crippen LogP contribution is 2.30. The highest BCUT2D eigenvalue weighted by molar-refractivity contribution is 5.87. The number of fused-ring (bicyclic) bond motifs is 3. The predicted molar refractivity (Wildman–Crippen MR) is 83.4 cm³/mol. The van der Waals surface area contributed by atoms with Crippen LogP contribution in [0.1, 0.15) is 31.5 Å². The molecule has 1 aromatic carbocycles. The fourth-order valence-electron chi connectivity index (χ4n) is 3.01. The lowest BCUT2D eigenvalue weighted by Crippen LogP contribution is -2.36. The average molecular weight is 286 g/mol. The van der Waals surface area contributed by atoms with Gasteiger partial charge in [0.2, 0.25) is 5.91 Å². The molecule has 2 heterocycles. The molecule has 1 aromatic heterocycles. The van der Waals surface area contributed by atoms with Crippen molar-refractivity contribution in [2.24, 2.45) is 5.92 Å². The number of methoxy groups -OCH3 is 1. The van der Waals surface area contributed by atoms with E-state index in [1.807, 2.05) is 17.0 Å². The van der Waals surface area contributed by atoms with Gasteiger partial charge in [-0.1, -0.05) is 13.8 Å². The van der Waals surface area contributed by atoms with Crippen LogP contribution in [0.5, 0.6) is 5.75 Å². The topological polar surface area (TPSA) is 45.3 Å². The van der Waals surface area contributed by atoms with Crippen LogP contribution in [-0.2, 0) is 17.8 Å². The normalized spacial score (nSPS) is 14.6. The molecule has 0 spiro atoms. The van der Waals surface area contributed by atoms with Crippen molar-refractivity contribution in [3.05, 3.63) is 29.5 Å². The van der Waals surface area contributed by atoms with Crippen LogP contribution in [0.3, 0.4) is 0 Å². The number of aromatic nitrogens is 1. The third-order valence-electron chi connectivity index (χ3n) is 4.12. The third kappa shape index (κ3) is 2.62. The molecule has 3 rings (SSSR count). The number of nitrogens with zero attached hydrogens (tertiary/aromatic N) is 1. The summed E-state index contributed by atoms with van der Waals surface area (Å²) in [5.74, 6) is 1.52. The molecular weight excluding hydrogens is 264 g/mol. The molecule has 0 bridgehead atoms. The van der Waals surface area contributed by atoms with E-state index < -0.39 is 0 Å². The van der Waals surface area contributed by atoms with Gasteiger partial charge in [0.05, 0.1) is 7.11 Å². The van der Waals surface area contributed by atoms with Crippen LogP contribution in [0.2, 0.25) is 0 Å². The molecule has 112 valence electrons. The zero-order valence-corrected chi connectivity index (χ0v) is 12.9. The molecule has 4 nitrogen and oxygen atoms in total. The van der Waals surface area contributed by atoms with Crippen molar-refractivity contribution < 1.29 is 9.53 Å². The minimum atomic E-state index is 0.257. The van der Waals surface area contributed by atoms with Crippen molar-refractivity contribution in [3.63, 3.8) is 0 Å². The van der Waals surface area contributed by atoms with Crippen LogP contribution in [0, 0.1) is 5.92 Å². The highest BCUT2D eigenvalue weighted by atomic mass is 16.5. The predicted octanol–water partition coefficient (Wildman–Crippen LogP) is 3.11. The van der Waals surface area contributed by atoms with Crippen molar-refractivity contribution in [1.82, 2.24) is 9.88 Å². The highest BCUT2D eigenvalue weighted by Gasteiger charge is 2.24. The van der Waals surface area contributed by atoms with Gasteiger partial charge in [-0.05, 0) is 24.1 Å². The van der Waals surface area contributed by atoms with Gasteiger partial charge >= 0.3 is 0 Å². The Hall–Kier alpha value is -1.97. The Morgan fingerprint density at radius 3 is 2.95 bits per heavy atom. The van der Waals surface area contributed by atoms with Crippen LogP contribution in [-0.4, -0.2) is 29.4 Å². The van der Waals surface area contributed by atoms with Crippen LogP contribution in [0.15, 0.2) is 18.2 Å². The first-order chi connectivity index (χ1) is 10.1. The van der Waals surface area contributed by atoms with E-state index in [1.165, 1.54) is 16.6 Å². The zero-order valence-electron chi connectivity index (χ0n) is 12.9. The smallest absolute Gasteiger partial charge is 0.223 e. The Morgan fingerprint density at radius 2 is 2.24 bits per heavy atom. The second kappa shape index (κ2) is 5.43. The van der Waals surface area contributed by atoms with Gasteiger partial charge in [0.1, 0.15) is 5.75 Å². The number of H-pyrrole nitrogens is 1. The zero-order chi connectivity index (χ0) is 15.0. The van der Waals surface area contributed by atoms with Crippen molar-refractivity contribution in [1.29, 1.82) is 0 Å². The summed E-state index contributed by atoms with van der Waals surface area (Å²) in [5, 5.41) is 1.17. The molecule has 0 radical (unpaired) electrons. The summed E-state index contributed by atoms with van der Waals surface area (Å²) in [6, 6.07) is 6.07. The van der Waals surface area contributed by atoms with Crippen LogP contribution in [0.4, 0.5) is 0 Å². The molecule has 0 unspecified atom stereocenters. The number of benzene rings is 1. The number of hydrogen-bond donors (Lipinski definition) is 1. The first-order valence-corrected chi connectivity index (χ1v) is 7.53. The van der Waals surface area contributed by atoms with E-state index in [-0.39, 0.29) is 5.91 Å². The van der Waals surface area contributed by atoms with Gasteiger partial charge < -0.3 is 14.6 Å². The van der Waals surface area contributed by atoms with E-state index in [1.54, 1.807) is 7.11 Å². The van der Waals surface area contributed by atoms with Gasteiger partial charge in [-0.2, -0.15) is 0 Å². The molecule has 0 atom stereocenters. The molecule has 0 saturated heterocycles. The molecule has 4 heteroatoms. The first-order valence-electron chi connectivity index (χ1n) is 7.53. The first kappa shape index (κ1) is 14.0. The summed E-state index contributed by atoms with van der Waals surface area (Å²) >= 11 is 0. The Kier molecular flexibility index (Phi) is 3.62. The fourth-order valence-corrected chi connectivity index (χ4v) is 3.01. The van der Waals surface area contributed by atoms with E-state index in [2.05, 4.69) is 24.9 Å². The Bertz CT molecular complexity index is 673. The molecule has 2 aromatic rings. The minimum absolute atomic E-state index is 0.257. The summed E-state index contributed by atoms with van der Waals surface area (Å²) in [6.45, 7) is 5.68. The second-order valence-corrected chi connectivity index (χ2v) is 6.16.